The summed E-state index contributed by atoms with van der Waals surface area (Å²) < 4.78 is 10.7. The van der Waals surface area contributed by atoms with E-state index >= 15 is 0 Å². The maximum Gasteiger partial charge on any atom is 0.264 e. The van der Waals surface area contributed by atoms with Gasteiger partial charge in [0.1, 0.15) is 0 Å². The van der Waals surface area contributed by atoms with Crippen molar-refractivity contribution in [1.82, 2.24) is 4.90 Å². The lowest BCUT2D eigenvalue weighted by atomic mass is 10.0. The van der Waals surface area contributed by atoms with Gasteiger partial charge in [-0.05, 0) is 36.6 Å². The first-order chi connectivity index (χ1) is 12.2. The van der Waals surface area contributed by atoms with Crippen molar-refractivity contribution in [2.75, 3.05) is 19.9 Å². The van der Waals surface area contributed by atoms with Gasteiger partial charge in [-0.25, -0.2) is 0 Å². The predicted octanol–water partition coefficient (Wildman–Crippen LogP) is 3.13. The number of benzene rings is 1. The molecule has 0 aliphatic carbocycles. The summed E-state index contributed by atoms with van der Waals surface area (Å²) in [6.45, 7) is 3.38. The van der Waals surface area contributed by atoms with Crippen molar-refractivity contribution >= 4 is 23.0 Å². The first kappa shape index (κ1) is 16.0. The molecule has 25 heavy (non-hydrogen) atoms. The fourth-order valence-electron chi connectivity index (χ4n) is 2.93. The second kappa shape index (κ2) is 6.76. The molecular weight excluding hydrogens is 340 g/mol. The molecule has 1 aromatic heterocycles. The van der Waals surface area contributed by atoms with Crippen LogP contribution in [0.4, 0.5) is 0 Å². The Morgan fingerprint density at radius 2 is 2.20 bits per heavy atom. The largest absolute Gasteiger partial charge is 0.454 e. The maximum absolute atomic E-state index is 12.5. The van der Waals surface area contributed by atoms with Crippen LogP contribution in [0.2, 0.25) is 0 Å². The molecule has 0 N–H and O–H groups in total. The van der Waals surface area contributed by atoms with Crippen LogP contribution in [0.25, 0.3) is 0 Å². The molecule has 2 aromatic rings. The molecule has 2 aliphatic heterocycles. The molecule has 0 spiro atoms. The quantitative estimate of drug-likeness (QED) is 0.824. The highest BCUT2D eigenvalue weighted by molar-refractivity contribution is 7.12. The molecule has 3 heterocycles. The summed E-state index contributed by atoms with van der Waals surface area (Å²) in [6, 6.07) is 9.48. The monoisotopic (exact) mass is 358 g/mol. The Morgan fingerprint density at radius 1 is 1.32 bits per heavy atom. The first-order valence-corrected chi connectivity index (χ1v) is 9.08. The van der Waals surface area contributed by atoms with Gasteiger partial charge in [-0.1, -0.05) is 11.2 Å². The Hall–Kier alpha value is -2.54. The summed E-state index contributed by atoms with van der Waals surface area (Å²) in [5.41, 5.74) is 1.82. The van der Waals surface area contributed by atoms with Crippen LogP contribution in [0.5, 0.6) is 11.5 Å². The van der Waals surface area contributed by atoms with Gasteiger partial charge < -0.3 is 19.2 Å². The highest BCUT2D eigenvalue weighted by atomic mass is 32.1. The summed E-state index contributed by atoms with van der Waals surface area (Å²) >= 11 is 1.45. The van der Waals surface area contributed by atoms with E-state index < -0.39 is 0 Å². The number of fused-ring (bicyclic) bond motifs is 1. The third kappa shape index (κ3) is 3.19. The number of likely N-dealkylation sites (N-methyl/N-ethyl adjacent to an activating group) is 1. The molecule has 7 heteroatoms. The fraction of sp³-hybridized carbons (Fsp3) is 0.333. The van der Waals surface area contributed by atoms with Crippen LogP contribution in [0.15, 0.2) is 40.9 Å². The predicted molar refractivity (Wildman–Crippen MR) is 94.5 cm³/mol. The van der Waals surface area contributed by atoms with Gasteiger partial charge in [-0.15, -0.1) is 11.3 Å². The molecule has 0 bridgehead atoms. The van der Waals surface area contributed by atoms with Crippen LogP contribution in [0, 0.1) is 0 Å². The SMILES string of the molecule is CCN(C[C@H]1CC(c2ccc3c(c2)OCO3)=NO1)C(=O)c1cccs1. The minimum atomic E-state index is -0.135. The molecule has 4 rings (SSSR count). The van der Waals surface area contributed by atoms with Crippen LogP contribution in [0.3, 0.4) is 0 Å². The van der Waals surface area contributed by atoms with E-state index in [0.717, 1.165) is 27.7 Å². The third-order valence-corrected chi connectivity index (χ3v) is 5.12. The van der Waals surface area contributed by atoms with Crippen molar-refractivity contribution in [3.8, 4) is 11.5 Å². The Morgan fingerprint density at radius 3 is 3.00 bits per heavy atom. The number of carbonyl (C=O) groups is 1. The van der Waals surface area contributed by atoms with Crippen LogP contribution in [0.1, 0.15) is 28.6 Å². The summed E-state index contributed by atoms with van der Waals surface area (Å²) in [7, 11) is 0. The van der Waals surface area contributed by atoms with Gasteiger partial charge in [0.05, 0.1) is 17.1 Å². The number of amides is 1. The molecule has 6 nitrogen and oxygen atoms in total. The van der Waals surface area contributed by atoms with Crippen molar-refractivity contribution in [1.29, 1.82) is 0 Å². The van der Waals surface area contributed by atoms with Crippen molar-refractivity contribution in [2.24, 2.45) is 5.16 Å². The first-order valence-electron chi connectivity index (χ1n) is 8.20. The van der Waals surface area contributed by atoms with Gasteiger partial charge >= 0.3 is 0 Å². The fourth-order valence-corrected chi connectivity index (χ4v) is 3.62. The minimum Gasteiger partial charge on any atom is -0.454 e. The van der Waals surface area contributed by atoms with E-state index in [-0.39, 0.29) is 18.8 Å². The molecule has 0 fully saturated rings. The van der Waals surface area contributed by atoms with E-state index in [9.17, 15) is 4.79 Å². The zero-order valence-corrected chi connectivity index (χ0v) is 14.6. The van der Waals surface area contributed by atoms with Crippen LogP contribution in [-0.2, 0) is 4.84 Å². The van der Waals surface area contributed by atoms with E-state index in [2.05, 4.69) is 5.16 Å². The van der Waals surface area contributed by atoms with Crippen LogP contribution < -0.4 is 9.47 Å². The second-order valence-electron chi connectivity index (χ2n) is 5.86. The zero-order valence-electron chi connectivity index (χ0n) is 13.8. The zero-order chi connectivity index (χ0) is 17.2. The number of thiophene rings is 1. The molecule has 0 saturated heterocycles. The number of nitrogens with zero attached hydrogens (tertiary/aromatic N) is 2. The lowest BCUT2D eigenvalue weighted by molar-refractivity contribution is 0.0438. The second-order valence-corrected chi connectivity index (χ2v) is 6.81. The number of rotatable bonds is 5. The average molecular weight is 358 g/mol. The van der Waals surface area contributed by atoms with E-state index in [1.54, 1.807) is 4.90 Å². The molecule has 2 aliphatic rings. The topological polar surface area (TPSA) is 60.4 Å². The van der Waals surface area contributed by atoms with Crippen molar-refractivity contribution in [3.63, 3.8) is 0 Å². The summed E-state index contributed by atoms with van der Waals surface area (Å²) in [5, 5.41) is 6.12. The summed E-state index contributed by atoms with van der Waals surface area (Å²) in [4.78, 5) is 20.6. The lowest BCUT2D eigenvalue weighted by Gasteiger charge is -2.22. The number of hydrogen-bond acceptors (Lipinski definition) is 6. The Balaban J connectivity index is 1.40. The van der Waals surface area contributed by atoms with Crippen LogP contribution in [-0.4, -0.2) is 42.5 Å². The third-order valence-electron chi connectivity index (χ3n) is 4.26. The maximum atomic E-state index is 12.5. The summed E-state index contributed by atoms with van der Waals surface area (Å²) in [6.07, 6.45) is 0.526. The number of hydrogen-bond donors (Lipinski definition) is 0. The molecule has 1 atom stereocenters. The molecule has 130 valence electrons. The standard InChI is InChI=1S/C18H18N2O4S/c1-2-20(18(21)17-4-3-7-25-17)10-13-9-14(19-24-13)12-5-6-15-16(8-12)23-11-22-15/h3-8,13H,2,9-11H2,1H3/t13-/m1/s1. The Labute approximate surface area is 149 Å². The van der Waals surface area contributed by atoms with Crippen molar-refractivity contribution in [3.05, 3.63) is 46.2 Å². The number of carbonyl (C=O) groups excluding carboxylic acids is 1. The molecule has 1 amide bonds. The van der Waals surface area contributed by atoms with Gasteiger partial charge in [0.15, 0.2) is 17.6 Å². The lowest BCUT2D eigenvalue weighted by Crippen LogP contribution is -2.37. The Kier molecular flexibility index (Phi) is 4.31. The van der Waals surface area contributed by atoms with Crippen molar-refractivity contribution in [2.45, 2.75) is 19.4 Å². The molecule has 0 unspecified atom stereocenters. The average Bonchev–Trinajstić information content (AvgIpc) is 3.39. The van der Waals surface area contributed by atoms with E-state index in [1.165, 1.54) is 11.3 Å². The van der Waals surface area contributed by atoms with Gasteiger partial charge in [0, 0.05) is 18.5 Å². The molecule has 0 saturated carbocycles. The minimum absolute atomic E-state index is 0.0395. The van der Waals surface area contributed by atoms with Crippen molar-refractivity contribution < 1.29 is 19.1 Å². The van der Waals surface area contributed by atoms with Gasteiger partial charge in [0.2, 0.25) is 6.79 Å². The smallest absolute Gasteiger partial charge is 0.264 e. The summed E-state index contributed by atoms with van der Waals surface area (Å²) in [5.74, 6) is 1.52. The Bertz CT molecular complexity index is 803. The highest BCUT2D eigenvalue weighted by Crippen LogP contribution is 2.33. The van der Waals surface area contributed by atoms with Crippen LogP contribution >= 0.6 is 11.3 Å². The molecule has 0 radical (unpaired) electrons. The normalized spacial score (nSPS) is 18.0. The van der Waals surface area contributed by atoms with E-state index in [4.69, 9.17) is 14.3 Å². The van der Waals surface area contributed by atoms with E-state index in [0.29, 0.717) is 19.5 Å². The highest BCUT2D eigenvalue weighted by Gasteiger charge is 2.27. The number of ether oxygens (including phenoxy) is 2. The van der Waals surface area contributed by atoms with Gasteiger partial charge in [-0.3, -0.25) is 4.79 Å². The number of oxime groups is 1. The van der Waals surface area contributed by atoms with Gasteiger partial charge in [0.25, 0.3) is 5.91 Å². The van der Waals surface area contributed by atoms with E-state index in [1.807, 2.05) is 42.6 Å². The van der Waals surface area contributed by atoms with Gasteiger partial charge in [-0.2, -0.15) is 0 Å². The molecular formula is C18H18N2O4S. The molecule has 1 aromatic carbocycles.